The summed E-state index contributed by atoms with van der Waals surface area (Å²) in [7, 11) is 1.99. The molecule has 0 aliphatic rings. The molecule has 2 aromatic carbocycles. The topological polar surface area (TPSA) is 86.4 Å². The molecule has 1 heterocycles. The maximum Gasteiger partial charge on any atom is 0.319 e. The first kappa shape index (κ1) is 20.9. The number of likely N-dealkylation sites (N-methyl/N-ethyl adjacent to an activating group) is 1. The highest BCUT2D eigenvalue weighted by Gasteiger charge is 2.12. The normalized spacial score (nSPS) is 11.3. The quantitative estimate of drug-likeness (QED) is 0.557. The van der Waals surface area contributed by atoms with Crippen LogP contribution in [0.4, 0.5) is 21.9 Å². The molecule has 0 saturated carbocycles. The zero-order valence-corrected chi connectivity index (χ0v) is 17.0. The lowest BCUT2D eigenvalue weighted by Crippen LogP contribution is -2.41. The van der Waals surface area contributed by atoms with Gasteiger partial charge in [-0.25, -0.2) is 4.79 Å². The lowest BCUT2D eigenvalue weighted by Gasteiger charge is -2.27. The number of anilines is 3. The molecule has 3 amide bonds. The van der Waals surface area contributed by atoms with Crippen LogP contribution in [0.25, 0.3) is 0 Å². The van der Waals surface area contributed by atoms with Crippen molar-refractivity contribution >= 4 is 29.0 Å². The molecule has 0 saturated heterocycles. The minimum atomic E-state index is -0.305. The van der Waals surface area contributed by atoms with Gasteiger partial charge in [0, 0.05) is 54.7 Å². The van der Waals surface area contributed by atoms with Gasteiger partial charge < -0.3 is 20.9 Å². The molecule has 0 radical (unpaired) electrons. The average molecular weight is 403 g/mol. The van der Waals surface area contributed by atoms with Gasteiger partial charge in [0.05, 0.1) is 0 Å². The van der Waals surface area contributed by atoms with Crippen LogP contribution in [0.1, 0.15) is 17.3 Å². The number of pyridine rings is 1. The molecule has 0 bridgehead atoms. The Kier molecular flexibility index (Phi) is 7.00. The highest BCUT2D eigenvalue weighted by molar-refractivity contribution is 6.04. The summed E-state index contributed by atoms with van der Waals surface area (Å²) in [6, 6.07) is 20.1. The Hall–Kier alpha value is -3.87. The van der Waals surface area contributed by atoms with Gasteiger partial charge in [0.1, 0.15) is 0 Å². The fraction of sp³-hybridized carbons (Fsp3) is 0.174. The smallest absolute Gasteiger partial charge is 0.319 e. The summed E-state index contributed by atoms with van der Waals surface area (Å²) < 4.78 is 0. The summed E-state index contributed by atoms with van der Waals surface area (Å²) in [6.45, 7) is 2.53. The van der Waals surface area contributed by atoms with E-state index in [0.29, 0.717) is 23.5 Å². The molecule has 154 valence electrons. The molecular weight excluding hydrogens is 378 g/mol. The van der Waals surface area contributed by atoms with E-state index in [1.54, 1.807) is 48.8 Å². The summed E-state index contributed by atoms with van der Waals surface area (Å²) in [5, 5.41) is 8.49. The second-order valence-corrected chi connectivity index (χ2v) is 6.90. The van der Waals surface area contributed by atoms with Crippen LogP contribution >= 0.6 is 0 Å². The number of carbonyl (C=O) groups is 2. The monoisotopic (exact) mass is 403 g/mol. The Bertz CT molecular complexity index is 979. The Morgan fingerprint density at radius 1 is 0.933 bits per heavy atom. The summed E-state index contributed by atoms with van der Waals surface area (Å²) in [5.74, 6) is -0.239. The molecule has 0 aliphatic carbocycles. The minimum Gasteiger partial charge on any atom is -0.370 e. The summed E-state index contributed by atoms with van der Waals surface area (Å²) >= 11 is 0. The van der Waals surface area contributed by atoms with Gasteiger partial charge in [-0.2, -0.15) is 0 Å². The SMILES string of the molecule is CC(CNC(=O)Nc1cccc(NC(=O)c2ccncc2)c1)N(C)c1ccccc1. The third-order valence-corrected chi connectivity index (χ3v) is 4.70. The highest BCUT2D eigenvalue weighted by atomic mass is 16.2. The number of carbonyl (C=O) groups excluding carboxylic acids is 2. The van der Waals surface area contributed by atoms with Crippen molar-refractivity contribution in [3.8, 4) is 0 Å². The lowest BCUT2D eigenvalue weighted by molar-refractivity contribution is 0.102. The van der Waals surface area contributed by atoms with E-state index in [0.717, 1.165) is 5.69 Å². The largest absolute Gasteiger partial charge is 0.370 e. The van der Waals surface area contributed by atoms with E-state index in [1.165, 1.54) is 0 Å². The number of urea groups is 1. The van der Waals surface area contributed by atoms with Crippen LogP contribution in [0.15, 0.2) is 79.1 Å². The van der Waals surface area contributed by atoms with Crippen molar-refractivity contribution in [1.82, 2.24) is 10.3 Å². The predicted octanol–water partition coefficient (Wildman–Crippen LogP) is 3.98. The van der Waals surface area contributed by atoms with Crippen molar-refractivity contribution < 1.29 is 9.59 Å². The molecule has 0 fully saturated rings. The van der Waals surface area contributed by atoms with Gasteiger partial charge in [-0.1, -0.05) is 24.3 Å². The van der Waals surface area contributed by atoms with Crippen molar-refractivity contribution in [1.29, 1.82) is 0 Å². The molecule has 3 rings (SSSR count). The van der Waals surface area contributed by atoms with E-state index >= 15 is 0 Å². The molecule has 1 aromatic heterocycles. The second-order valence-electron chi connectivity index (χ2n) is 6.90. The molecule has 3 aromatic rings. The van der Waals surface area contributed by atoms with E-state index < -0.39 is 0 Å². The van der Waals surface area contributed by atoms with E-state index in [-0.39, 0.29) is 18.0 Å². The molecule has 3 N–H and O–H groups in total. The van der Waals surface area contributed by atoms with E-state index in [9.17, 15) is 9.59 Å². The first-order chi connectivity index (χ1) is 14.5. The number of amides is 3. The number of hydrogen-bond donors (Lipinski definition) is 3. The second kappa shape index (κ2) is 10.1. The van der Waals surface area contributed by atoms with Crippen LogP contribution in [-0.2, 0) is 0 Å². The van der Waals surface area contributed by atoms with Gasteiger partial charge in [-0.05, 0) is 49.4 Å². The molecule has 0 spiro atoms. The molecule has 1 atom stereocenters. The van der Waals surface area contributed by atoms with Crippen molar-refractivity contribution in [2.45, 2.75) is 13.0 Å². The van der Waals surface area contributed by atoms with E-state index in [1.807, 2.05) is 44.3 Å². The van der Waals surface area contributed by atoms with Crippen LogP contribution in [-0.4, -0.2) is 36.6 Å². The Morgan fingerprint density at radius 3 is 2.30 bits per heavy atom. The number of hydrogen-bond acceptors (Lipinski definition) is 4. The third-order valence-electron chi connectivity index (χ3n) is 4.70. The third kappa shape index (κ3) is 5.81. The molecule has 7 nitrogen and oxygen atoms in total. The number of aromatic nitrogens is 1. The first-order valence-corrected chi connectivity index (χ1v) is 9.67. The first-order valence-electron chi connectivity index (χ1n) is 9.67. The predicted molar refractivity (Wildman–Crippen MR) is 120 cm³/mol. The van der Waals surface area contributed by atoms with E-state index in [2.05, 4.69) is 25.8 Å². The van der Waals surface area contributed by atoms with Crippen molar-refractivity contribution in [2.75, 3.05) is 29.1 Å². The van der Waals surface area contributed by atoms with Crippen LogP contribution in [0.2, 0.25) is 0 Å². The number of rotatable bonds is 7. The minimum absolute atomic E-state index is 0.115. The van der Waals surface area contributed by atoms with Gasteiger partial charge in [0.2, 0.25) is 0 Å². The number of benzene rings is 2. The average Bonchev–Trinajstić information content (AvgIpc) is 2.78. The molecule has 30 heavy (non-hydrogen) atoms. The molecule has 1 unspecified atom stereocenters. The number of nitrogens with zero attached hydrogens (tertiary/aromatic N) is 2. The highest BCUT2D eigenvalue weighted by Crippen LogP contribution is 2.16. The Balaban J connectivity index is 1.52. The standard InChI is InChI=1S/C23H25N5O2/c1-17(28(2)21-9-4-3-5-10-21)16-25-23(30)27-20-8-6-7-19(15-20)26-22(29)18-11-13-24-14-12-18/h3-15,17H,16H2,1-2H3,(H,26,29)(H2,25,27,30). The van der Waals surface area contributed by atoms with Crippen molar-refractivity contribution in [3.63, 3.8) is 0 Å². The fourth-order valence-corrected chi connectivity index (χ4v) is 2.85. The maximum absolute atomic E-state index is 12.3. The van der Waals surface area contributed by atoms with Crippen LogP contribution in [0.3, 0.4) is 0 Å². The summed E-state index contributed by atoms with van der Waals surface area (Å²) in [6.07, 6.45) is 3.13. The van der Waals surface area contributed by atoms with Gasteiger partial charge >= 0.3 is 6.03 Å². The number of nitrogens with one attached hydrogen (secondary N) is 3. The van der Waals surface area contributed by atoms with E-state index in [4.69, 9.17) is 0 Å². The van der Waals surface area contributed by atoms with Gasteiger partial charge in [0.15, 0.2) is 0 Å². The van der Waals surface area contributed by atoms with Gasteiger partial charge in [-0.3, -0.25) is 9.78 Å². The summed E-state index contributed by atoms with van der Waals surface area (Å²) in [5.41, 5.74) is 2.78. The van der Waals surface area contributed by atoms with Crippen molar-refractivity contribution in [2.24, 2.45) is 0 Å². The fourth-order valence-electron chi connectivity index (χ4n) is 2.85. The molecule has 0 aliphatic heterocycles. The van der Waals surface area contributed by atoms with Gasteiger partial charge in [-0.15, -0.1) is 0 Å². The molecule has 7 heteroatoms. The Labute approximate surface area is 176 Å². The zero-order valence-electron chi connectivity index (χ0n) is 17.0. The molecular formula is C23H25N5O2. The van der Waals surface area contributed by atoms with Crippen LogP contribution in [0.5, 0.6) is 0 Å². The Morgan fingerprint density at radius 2 is 1.60 bits per heavy atom. The lowest BCUT2D eigenvalue weighted by atomic mass is 10.2. The number of para-hydroxylation sites is 1. The van der Waals surface area contributed by atoms with Gasteiger partial charge in [0.25, 0.3) is 5.91 Å². The van der Waals surface area contributed by atoms with Crippen LogP contribution < -0.4 is 20.9 Å². The zero-order chi connectivity index (χ0) is 21.3. The summed E-state index contributed by atoms with van der Waals surface area (Å²) in [4.78, 5) is 30.6. The van der Waals surface area contributed by atoms with Crippen LogP contribution in [0, 0.1) is 0 Å². The maximum atomic E-state index is 12.3. The van der Waals surface area contributed by atoms with Crippen molar-refractivity contribution in [3.05, 3.63) is 84.7 Å².